The molecule has 0 unspecified atom stereocenters. The van der Waals surface area contributed by atoms with Gasteiger partial charge in [-0.3, -0.25) is 14.5 Å². The van der Waals surface area contributed by atoms with E-state index in [1.807, 2.05) is 72.1 Å². The van der Waals surface area contributed by atoms with Crippen LogP contribution in [0.15, 0.2) is 83.4 Å². The van der Waals surface area contributed by atoms with Crippen LogP contribution in [-0.4, -0.2) is 11.7 Å². The molecule has 1 N–H and O–H groups in total. The molecular formula is C24H20N2O2S. The van der Waals surface area contributed by atoms with Gasteiger partial charge in [-0.1, -0.05) is 36.4 Å². The maximum atomic E-state index is 13.8. The van der Waals surface area contributed by atoms with Crippen molar-refractivity contribution in [2.75, 3.05) is 10.2 Å². The first-order chi connectivity index (χ1) is 14.2. The van der Waals surface area contributed by atoms with E-state index in [0.717, 1.165) is 40.4 Å². The van der Waals surface area contributed by atoms with E-state index in [1.54, 1.807) is 16.2 Å². The molecule has 5 rings (SSSR count). The molecule has 0 spiro atoms. The van der Waals surface area contributed by atoms with Crippen molar-refractivity contribution in [1.82, 2.24) is 0 Å². The summed E-state index contributed by atoms with van der Waals surface area (Å²) >= 11 is 1.58. The van der Waals surface area contributed by atoms with Gasteiger partial charge in [0, 0.05) is 28.1 Å². The van der Waals surface area contributed by atoms with Crippen LogP contribution < -0.4 is 10.2 Å². The monoisotopic (exact) mass is 400 g/mol. The van der Waals surface area contributed by atoms with Gasteiger partial charge in [-0.25, -0.2) is 0 Å². The minimum Gasteiger partial charge on any atom is -0.357 e. The smallest absolute Gasteiger partial charge is 0.259 e. The Labute approximate surface area is 173 Å². The summed E-state index contributed by atoms with van der Waals surface area (Å²) in [7, 11) is 0. The zero-order chi connectivity index (χ0) is 19.8. The summed E-state index contributed by atoms with van der Waals surface area (Å²) in [6, 6.07) is 20.7. The highest BCUT2D eigenvalue weighted by atomic mass is 32.1. The van der Waals surface area contributed by atoms with E-state index in [-0.39, 0.29) is 11.7 Å². The lowest BCUT2D eigenvalue weighted by molar-refractivity contribution is -0.116. The lowest BCUT2D eigenvalue weighted by Gasteiger charge is -2.33. The molecule has 3 aromatic rings. The molecule has 1 aromatic heterocycles. The highest BCUT2D eigenvalue weighted by molar-refractivity contribution is 7.10. The molecule has 0 saturated heterocycles. The number of hydrogen-bond acceptors (Lipinski definition) is 4. The summed E-state index contributed by atoms with van der Waals surface area (Å²) < 4.78 is 0. The van der Waals surface area contributed by atoms with Crippen molar-refractivity contribution in [2.24, 2.45) is 0 Å². The Morgan fingerprint density at radius 1 is 0.966 bits per heavy atom. The Morgan fingerprint density at radius 3 is 2.55 bits per heavy atom. The van der Waals surface area contributed by atoms with Gasteiger partial charge in [0.2, 0.25) is 0 Å². The first kappa shape index (κ1) is 17.9. The minimum atomic E-state index is -0.429. The number of nitrogens with one attached hydrogen (secondary N) is 1. The summed E-state index contributed by atoms with van der Waals surface area (Å²) in [6.45, 7) is 0. The number of anilines is 2. The van der Waals surface area contributed by atoms with Gasteiger partial charge >= 0.3 is 0 Å². The largest absolute Gasteiger partial charge is 0.357 e. The molecule has 2 aromatic carbocycles. The number of para-hydroxylation sites is 2. The van der Waals surface area contributed by atoms with Crippen molar-refractivity contribution >= 4 is 34.4 Å². The number of nitrogens with zero attached hydrogens (tertiary/aromatic N) is 1. The first-order valence-corrected chi connectivity index (χ1v) is 10.7. The molecule has 29 heavy (non-hydrogen) atoms. The molecule has 144 valence electrons. The van der Waals surface area contributed by atoms with Crippen LogP contribution in [0.25, 0.3) is 0 Å². The van der Waals surface area contributed by atoms with Crippen LogP contribution in [0.4, 0.5) is 11.4 Å². The van der Waals surface area contributed by atoms with Crippen molar-refractivity contribution in [3.8, 4) is 0 Å². The van der Waals surface area contributed by atoms with Gasteiger partial charge in [-0.05, 0) is 48.6 Å². The molecule has 0 radical (unpaired) electrons. The van der Waals surface area contributed by atoms with E-state index in [2.05, 4.69) is 5.32 Å². The summed E-state index contributed by atoms with van der Waals surface area (Å²) in [5, 5.41) is 5.49. The second-order valence-electron chi connectivity index (χ2n) is 7.27. The molecule has 0 bridgehead atoms. The number of hydrogen-bond donors (Lipinski definition) is 1. The fraction of sp³-hybridized carbons (Fsp3) is 0.167. The Bertz CT molecular complexity index is 1100. The van der Waals surface area contributed by atoms with Crippen LogP contribution >= 0.6 is 11.3 Å². The Balaban J connectivity index is 1.77. The number of amides is 1. The molecule has 0 fully saturated rings. The molecular weight excluding hydrogens is 380 g/mol. The quantitative estimate of drug-likeness (QED) is 0.612. The fourth-order valence-corrected chi connectivity index (χ4v) is 5.02. The van der Waals surface area contributed by atoms with Crippen LogP contribution in [0, 0.1) is 0 Å². The Hall–Kier alpha value is -3.18. The van der Waals surface area contributed by atoms with Gasteiger partial charge in [0.05, 0.1) is 11.4 Å². The predicted octanol–water partition coefficient (Wildman–Crippen LogP) is 5.57. The molecule has 2 aliphatic rings. The fourth-order valence-electron chi connectivity index (χ4n) is 4.19. The first-order valence-electron chi connectivity index (χ1n) is 9.78. The molecule has 1 aliphatic heterocycles. The number of ketones is 1. The van der Waals surface area contributed by atoms with E-state index in [9.17, 15) is 9.59 Å². The van der Waals surface area contributed by atoms with E-state index >= 15 is 0 Å². The Kier molecular flexibility index (Phi) is 4.52. The van der Waals surface area contributed by atoms with Gasteiger partial charge in [-0.2, -0.15) is 0 Å². The molecule has 1 aliphatic carbocycles. The summed E-state index contributed by atoms with van der Waals surface area (Å²) in [4.78, 5) is 29.7. The number of carbonyl (C=O) groups excluding carboxylic acids is 2. The third kappa shape index (κ3) is 3.08. The number of thiophene rings is 1. The van der Waals surface area contributed by atoms with Crippen LogP contribution in [0.2, 0.25) is 0 Å². The van der Waals surface area contributed by atoms with E-state index in [4.69, 9.17) is 0 Å². The SMILES string of the molecule is O=C1CCCC2=C1[C@H](c1cccs1)N(C(=O)c1ccccc1)c1ccccc1N2. The molecule has 5 heteroatoms. The van der Waals surface area contributed by atoms with Crippen LogP contribution in [0.1, 0.15) is 40.5 Å². The summed E-state index contributed by atoms with van der Waals surface area (Å²) in [6.07, 6.45) is 2.16. The number of carbonyl (C=O) groups is 2. The highest BCUT2D eigenvalue weighted by Gasteiger charge is 2.40. The molecule has 4 nitrogen and oxygen atoms in total. The third-order valence-electron chi connectivity index (χ3n) is 5.49. The normalized spacial score (nSPS) is 18.6. The number of rotatable bonds is 2. The van der Waals surface area contributed by atoms with Gasteiger partial charge in [-0.15, -0.1) is 11.3 Å². The predicted molar refractivity (Wildman–Crippen MR) is 116 cm³/mol. The topological polar surface area (TPSA) is 49.4 Å². The second kappa shape index (κ2) is 7.33. The van der Waals surface area contributed by atoms with Crippen molar-refractivity contribution in [3.63, 3.8) is 0 Å². The van der Waals surface area contributed by atoms with Gasteiger partial charge in [0.1, 0.15) is 6.04 Å². The second-order valence-corrected chi connectivity index (χ2v) is 8.25. The van der Waals surface area contributed by atoms with Gasteiger partial charge in [0.25, 0.3) is 5.91 Å². The zero-order valence-electron chi connectivity index (χ0n) is 15.8. The molecule has 2 heterocycles. The average Bonchev–Trinajstić information content (AvgIpc) is 3.23. The maximum absolute atomic E-state index is 13.8. The van der Waals surface area contributed by atoms with Crippen molar-refractivity contribution < 1.29 is 9.59 Å². The molecule has 1 amide bonds. The maximum Gasteiger partial charge on any atom is 0.259 e. The number of Topliss-reactive ketones (excluding diaryl/α,β-unsaturated/α-hetero) is 1. The highest BCUT2D eigenvalue weighted by Crippen LogP contribution is 2.46. The third-order valence-corrected chi connectivity index (χ3v) is 6.41. The van der Waals surface area contributed by atoms with Gasteiger partial charge < -0.3 is 5.32 Å². The van der Waals surface area contributed by atoms with E-state index in [0.29, 0.717) is 12.0 Å². The summed E-state index contributed by atoms with van der Waals surface area (Å²) in [5.41, 5.74) is 3.92. The zero-order valence-corrected chi connectivity index (χ0v) is 16.6. The number of fused-ring (bicyclic) bond motifs is 1. The number of benzene rings is 2. The van der Waals surface area contributed by atoms with Crippen molar-refractivity contribution in [2.45, 2.75) is 25.3 Å². The van der Waals surface area contributed by atoms with Crippen molar-refractivity contribution in [3.05, 3.63) is 93.8 Å². The van der Waals surface area contributed by atoms with Crippen LogP contribution in [0.5, 0.6) is 0 Å². The minimum absolute atomic E-state index is 0.106. The van der Waals surface area contributed by atoms with Gasteiger partial charge in [0.15, 0.2) is 5.78 Å². The van der Waals surface area contributed by atoms with E-state index in [1.165, 1.54) is 0 Å². The average molecular weight is 401 g/mol. The number of allylic oxidation sites excluding steroid dienone is 1. The molecule has 0 saturated carbocycles. The standard InChI is InChI=1S/C24H20N2O2S/c27-20-13-6-11-18-22(20)23(21-14-7-15-29-21)26(19-12-5-4-10-17(19)25-18)24(28)16-8-2-1-3-9-16/h1-5,7-10,12,14-15,23,25H,6,11,13H2/t23-/m0/s1. The lowest BCUT2D eigenvalue weighted by Crippen LogP contribution is -2.37. The van der Waals surface area contributed by atoms with E-state index < -0.39 is 6.04 Å². The molecule has 1 atom stereocenters. The summed E-state index contributed by atoms with van der Waals surface area (Å²) in [5.74, 6) is 0.0150. The van der Waals surface area contributed by atoms with Crippen LogP contribution in [-0.2, 0) is 4.79 Å². The Morgan fingerprint density at radius 2 is 1.76 bits per heavy atom. The van der Waals surface area contributed by atoms with Crippen molar-refractivity contribution in [1.29, 1.82) is 0 Å². The lowest BCUT2D eigenvalue weighted by atomic mass is 9.88. The van der Waals surface area contributed by atoms with Crippen LogP contribution in [0.3, 0.4) is 0 Å².